The quantitative estimate of drug-likeness (QED) is 0.354. The fourth-order valence-electron chi connectivity index (χ4n) is 3.59. The number of nitrogen functional groups attached to an aromatic ring is 1. The van der Waals surface area contributed by atoms with Gasteiger partial charge in [-0.2, -0.15) is 5.10 Å². The molecule has 3 heterocycles. The van der Waals surface area contributed by atoms with Gasteiger partial charge < -0.3 is 25.6 Å². The molecule has 1 aliphatic heterocycles. The molecule has 1 amide bonds. The van der Waals surface area contributed by atoms with Crippen LogP contribution in [0.4, 0.5) is 23.1 Å². The van der Waals surface area contributed by atoms with Crippen molar-refractivity contribution in [1.29, 1.82) is 0 Å². The maximum atomic E-state index is 12.2. The molecule has 11 heteroatoms. The van der Waals surface area contributed by atoms with E-state index in [1.807, 2.05) is 49.1 Å². The predicted octanol–water partition coefficient (Wildman–Crippen LogP) is 2.59. The standard InChI is InChI=1S/C22H28N8O2S/c1-14-12-18(28-27-14)24-20-15(2)21(30-10-8-29(9-11-30)19(31)13-32-3)26-22(25-20)33-17-6-4-16(23)5-7-17/h4-7,12H,8-11,13,23H2,1-3H3,(H2,24,25,26,27,28). The lowest BCUT2D eigenvalue weighted by Crippen LogP contribution is -2.50. The SMILES string of the molecule is COCC(=O)N1CCN(c2nc(Sc3ccc(N)cc3)nc(Nc3cc(C)[nH]n3)c2C)CC1. The van der Waals surface area contributed by atoms with Crippen LogP contribution < -0.4 is 16.0 Å². The van der Waals surface area contributed by atoms with Crippen LogP contribution in [0.3, 0.4) is 0 Å². The highest BCUT2D eigenvalue weighted by atomic mass is 32.2. The Bertz CT molecular complexity index is 1110. The molecule has 2 aromatic heterocycles. The van der Waals surface area contributed by atoms with E-state index in [1.54, 1.807) is 0 Å². The Balaban J connectivity index is 1.61. The average Bonchev–Trinajstić information content (AvgIpc) is 3.22. The number of benzene rings is 1. The number of nitrogens with two attached hydrogens (primary N) is 1. The third-order valence-corrected chi connectivity index (χ3v) is 6.21. The Labute approximate surface area is 196 Å². The first-order valence-corrected chi connectivity index (χ1v) is 11.5. The van der Waals surface area contributed by atoms with Crippen LogP contribution in [0.25, 0.3) is 0 Å². The lowest BCUT2D eigenvalue weighted by Gasteiger charge is -2.36. The van der Waals surface area contributed by atoms with E-state index in [-0.39, 0.29) is 12.5 Å². The molecule has 0 aliphatic carbocycles. The fourth-order valence-corrected chi connectivity index (χ4v) is 4.34. The number of ether oxygens (including phenoxy) is 1. The lowest BCUT2D eigenvalue weighted by atomic mass is 10.2. The first-order chi connectivity index (χ1) is 15.9. The number of anilines is 4. The van der Waals surface area contributed by atoms with Gasteiger partial charge in [0.2, 0.25) is 5.91 Å². The molecule has 0 atom stereocenters. The number of aromatic amines is 1. The van der Waals surface area contributed by atoms with Gasteiger partial charge >= 0.3 is 0 Å². The number of rotatable bonds is 7. The van der Waals surface area contributed by atoms with Crippen LogP contribution >= 0.6 is 11.8 Å². The van der Waals surface area contributed by atoms with Crippen molar-refractivity contribution < 1.29 is 9.53 Å². The van der Waals surface area contributed by atoms with Crippen molar-refractivity contribution in [3.05, 3.63) is 41.6 Å². The van der Waals surface area contributed by atoms with E-state index in [0.717, 1.165) is 22.0 Å². The molecule has 10 nitrogen and oxygen atoms in total. The van der Waals surface area contributed by atoms with Crippen molar-refractivity contribution in [2.24, 2.45) is 0 Å². The highest BCUT2D eigenvalue weighted by Gasteiger charge is 2.25. The van der Waals surface area contributed by atoms with Gasteiger partial charge in [0, 0.05) is 61.2 Å². The van der Waals surface area contributed by atoms with Gasteiger partial charge in [-0.15, -0.1) is 0 Å². The van der Waals surface area contributed by atoms with E-state index >= 15 is 0 Å². The molecule has 0 unspecified atom stereocenters. The Morgan fingerprint density at radius 1 is 1.18 bits per heavy atom. The van der Waals surface area contributed by atoms with Gasteiger partial charge in [-0.25, -0.2) is 9.97 Å². The van der Waals surface area contributed by atoms with E-state index in [4.69, 9.17) is 20.4 Å². The molecule has 4 N–H and O–H groups in total. The molecule has 4 rings (SSSR count). The summed E-state index contributed by atoms with van der Waals surface area (Å²) in [5.41, 5.74) is 8.41. The monoisotopic (exact) mass is 468 g/mol. The Hall–Kier alpha value is -3.31. The maximum absolute atomic E-state index is 12.2. The molecule has 0 bridgehead atoms. The minimum absolute atomic E-state index is 0.00686. The number of hydrogen-bond donors (Lipinski definition) is 3. The van der Waals surface area contributed by atoms with Crippen molar-refractivity contribution in [2.75, 3.05) is 55.8 Å². The molecule has 174 valence electrons. The van der Waals surface area contributed by atoms with Gasteiger partial charge in [-0.1, -0.05) is 0 Å². The summed E-state index contributed by atoms with van der Waals surface area (Å²) in [7, 11) is 1.54. The van der Waals surface area contributed by atoms with E-state index in [2.05, 4.69) is 20.4 Å². The van der Waals surface area contributed by atoms with Gasteiger partial charge in [0.1, 0.15) is 18.2 Å². The first-order valence-electron chi connectivity index (χ1n) is 10.7. The third kappa shape index (κ3) is 5.55. The molecule has 0 saturated carbocycles. The summed E-state index contributed by atoms with van der Waals surface area (Å²) in [5.74, 6) is 2.24. The Kier molecular flexibility index (Phi) is 6.99. The molecule has 1 saturated heterocycles. The summed E-state index contributed by atoms with van der Waals surface area (Å²) in [6, 6.07) is 9.55. The summed E-state index contributed by atoms with van der Waals surface area (Å²) in [6.45, 7) is 6.65. The molecule has 1 aromatic carbocycles. The van der Waals surface area contributed by atoms with Crippen LogP contribution in [0, 0.1) is 13.8 Å². The van der Waals surface area contributed by atoms with Gasteiger partial charge in [0.15, 0.2) is 11.0 Å². The van der Waals surface area contributed by atoms with Crippen LogP contribution in [0.15, 0.2) is 40.4 Å². The molecule has 1 aliphatic rings. The number of carbonyl (C=O) groups is 1. The molecular formula is C22H28N8O2S. The van der Waals surface area contributed by atoms with Gasteiger partial charge in [0.05, 0.1) is 0 Å². The number of carbonyl (C=O) groups excluding carboxylic acids is 1. The normalized spacial score (nSPS) is 13.9. The zero-order valence-corrected chi connectivity index (χ0v) is 19.8. The highest BCUT2D eigenvalue weighted by Crippen LogP contribution is 2.32. The van der Waals surface area contributed by atoms with Crippen molar-refractivity contribution in [3.63, 3.8) is 0 Å². The topological polar surface area (TPSA) is 125 Å². The minimum Gasteiger partial charge on any atom is -0.399 e. The summed E-state index contributed by atoms with van der Waals surface area (Å²) in [5, 5.41) is 11.2. The van der Waals surface area contributed by atoms with Crippen molar-refractivity contribution in [3.8, 4) is 0 Å². The summed E-state index contributed by atoms with van der Waals surface area (Å²) < 4.78 is 4.99. The zero-order chi connectivity index (χ0) is 23.4. The number of nitrogens with zero attached hydrogens (tertiary/aromatic N) is 5. The molecule has 0 radical (unpaired) electrons. The summed E-state index contributed by atoms with van der Waals surface area (Å²) in [4.78, 5) is 26.8. The Morgan fingerprint density at radius 2 is 1.91 bits per heavy atom. The van der Waals surface area contributed by atoms with Crippen LogP contribution in [-0.4, -0.2) is 70.9 Å². The highest BCUT2D eigenvalue weighted by molar-refractivity contribution is 7.99. The van der Waals surface area contributed by atoms with Crippen LogP contribution in [0.1, 0.15) is 11.3 Å². The summed E-state index contributed by atoms with van der Waals surface area (Å²) >= 11 is 1.47. The van der Waals surface area contributed by atoms with Crippen LogP contribution in [-0.2, 0) is 9.53 Å². The van der Waals surface area contributed by atoms with Crippen LogP contribution in [0.5, 0.6) is 0 Å². The van der Waals surface area contributed by atoms with Crippen molar-refractivity contribution >= 4 is 40.8 Å². The van der Waals surface area contributed by atoms with E-state index in [0.29, 0.717) is 48.7 Å². The number of methoxy groups -OCH3 is 1. The lowest BCUT2D eigenvalue weighted by molar-refractivity contribution is -0.135. The second-order valence-electron chi connectivity index (χ2n) is 7.84. The van der Waals surface area contributed by atoms with Gasteiger partial charge in [-0.05, 0) is 49.9 Å². The van der Waals surface area contributed by atoms with E-state index in [1.165, 1.54) is 18.9 Å². The molecule has 3 aromatic rings. The molecule has 1 fully saturated rings. The van der Waals surface area contributed by atoms with Crippen LogP contribution in [0.2, 0.25) is 0 Å². The number of aryl methyl sites for hydroxylation is 1. The van der Waals surface area contributed by atoms with E-state index < -0.39 is 0 Å². The first kappa shape index (κ1) is 22.9. The second kappa shape index (κ2) is 10.1. The van der Waals surface area contributed by atoms with Crippen molar-refractivity contribution in [1.82, 2.24) is 25.1 Å². The van der Waals surface area contributed by atoms with Gasteiger partial charge in [0.25, 0.3) is 0 Å². The Morgan fingerprint density at radius 3 is 2.55 bits per heavy atom. The number of nitrogens with one attached hydrogen (secondary N) is 2. The van der Waals surface area contributed by atoms with E-state index in [9.17, 15) is 4.79 Å². The largest absolute Gasteiger partial charge is 0.399 e. The number of aromatic nitrogens is 4. The number of piperazine rings is 1. The fraction of sp³-hybridized carbons (Fsp3) is 0.364. The smallest absolute Gasteiger partial charge is 0.248 e. The molecule has 33 heavy (non-hydrogen) atoms. The predicted molar refractivity (Wildman–Crippen MR) is 129 cm³/mol. The number of amides is 1. The third-order valence-electron chi connectivity index (χ3n) is 5.34. The average molecular weight is 469 g/mol. The molecule has 0 spiro atoms. The van der Waals surface area contributed by atoms with Gasteiger partial charge in [-0.3, -0.25) is 9.89 Å². The summed E-state index contributed by atoms with van der Waals surface area (Å²) in [6.07, 6.45) is 0. The minimum atomic E-state index is 0.00686. The molecular weight excluding hydrogens is 440 g/mol. The number of H-pyrrole nitrogens is 1. The number of hydrogen-bond acceptors (Lipinski definition) is 9. The van der Waals surface area contributed by atoms with Crippen molar-refractivity contribution in [2.45, 2.75) is 23.9 Å². The zero-order valence-electron chi connectivity index (χ0n) is 19.0. The maximum Gasteiger partial charge on any atom is 0.248 e. The second-order valence-corrected chi connectivity index (χ2v) is 8.88.